The van der Waals surface area contributed by atoms with Crippen LogP contribution in [0.1, 0.15) is 38.2 Å². The fourth-order valence-corrected chi connectivity index (χ4v) is 4.81. The Balaban J connectivity index is 1.87. The highest BCUT2D eigenvalue weighted by atomic mass is 32.2. The zero-order chi connectivity index (χ0) is 16.0. The van der Waals surface area contributed by atoms with Crippen LogP contribution in [-0.2, 0) is 14.3 Å². The number of rotatable bonds is 3. The molecule has 3 atom stereocenters. The molecule has 0 unspecified atom stereocenters. The molecule has 2 aliphatic rings. The van der Waals surface area contributed by atoms with Crippen LogP contribution < -0.4 is 0 Å². The summed E-state index contributed by atoms with van der Waals surface area (Å²) in [5.74, 6) is 0. The molecule has 1 saturated carbocycles. The zero-order valence-electron chi connectivity index (χ0n) is 13.0. The van der Waals surface area contributed by atoms with E-state index >= 15 is 0 Å². The molecule has 2 aliphatic carbocycles. The molecule has 1 fully saturated rings. The third-order valence-corrected chi connectivity index (χ3v) is 6.60. The Hall–Kier alpha value is -1.17. The van der Waals surface area contributed by atoms with Crippen LogP contribution in [0.4, 0.5) is 0 Å². The minimum Gasteiger partial charge on any atom is -0.385 e. The van der Waals surface area contributed by atoms with Gasteiger partial charge in [-0.25, -0.2) is 0 Å². The van der Waals surface area contributed by atoms with Gasteiger partial charge < -0.3 is 5.11 Å². The van der Waals surface area contributed by atoms with Crippen molar-refractivity contribution >= 4 is 10.1 Å². The molecule has 3 rings (SSSR count). The van der Waals surface area contributed by atoms with Crippen molar-refractivity contribution in [3.63, 3.8) is 0 Å². The Bertz CT molecular complexity index is 692. The van der Waals surface area contributed by atoms with E-state index in [0.29, 0.717) is 12.8 Å². The molecular weight excluding hydrogens is 300 g/mol. The molecule has 0 aliphatic heterocycles. The van der Waals surface area contributed by atoms with E-state index in [1.807, 2.05) is 26.0 Å². The monoisotopic (exact) mass is 322 g/mol. The number of aryl methyl sites for hydroxylation is 1. The highest BCUT2D eigenvalue weighted by molar-refractivity contribution is 7.86. The summed E-state index contributed by atoms with van der Waals surface area (Å²) in [6.07, 6.45) is 5.94. The number of hydrogen-bond acceptors (Lipinski definition) is 4. The number of allylic oxidation sites excluding steroid dienone is 1. The van der Waals surface area contributed by atoms with E-state index in [4.69, 9.17) is 4.18 Å². The van der Waals surface area contributed by atoms with Crippen LogP contribution in [0.3, 0.4) is 0 Å². The fourth-order valence-electron chi connectivity index (χ4n) is 3.61. The summed E-state index contributed by atoms with van der Waals surface area (Å²) in [6.45, 7) is 3.84. The predicted octanol–water partition coefficient (Wildman–Crippen LogP) is 2.95. The summed E-state index contributed by atoms with van der Waals surface area (Å²) >= 11 is 0. The van der Waals surface area contributed by atoms with Crippen LogP contribution in [0.15, 0.2) is 41.3 Å². The van der Waals surface area contributed by atoms with Crippen molar-refractivity contribution in [3.05, 3.63) is 42.0 Å². The molecule has 1 N–H and O–H groups in total. The molecule has 0 amide bonds. The third-order valence-electron chi connectivity index (χ3n) is 5.26. The summed E-state index contributed by atoms with van der Waals surface area (Å²) in [6, 6.07) is 6.64. The molecule has 0 radical (unpaired) electrons. The van der Waals surface area contributed by atoms with E-state index in [1.165, 1.54) is 0 Å². The number of benzene rings is 1. The lowest BCUT2D eigenvalue weighted by atomic mass is 9.68. The SMILES string of the molecule is Cc1ccc(S(=O)(=O)O[C@H]2CC[C@]3(O)C=CCC[C@]23C)cc1. The van der Waals surface area contributed by atoms with E-state index in [0.717, 1.165) is 18.4 Å². The Morgan fingerprint density at radius 2 is 1.91 bits per heavy atom. The highest BCUT2D eigenvalue weighted by Gasteiger charge is 2.57. The lowest BCUT2D eigenvalue weighted by molar-refractivity contribution is -0.0592. The topological polar surface area (TPSA) is 63.6 Å². The van der Waals surface area contributed by atoms with Gasteiger partial charge in [-0.3, -0.25) is 4.18 Å². The molecule has 1 aromatic carbocycles. The van der Waals surface area contributed by atoms with E-state index in [1.54, 1.807) is 24.3 Å². The summed E-state index contributed by atoms with van der Waals surface area (Å²) in [4.78, 5) is 0.170. The quantitative estimate of drug-likeness (QED) is 0.686. The van der Waals surface area contributed by atoms with Gasteiger partial charge in [0.2, 0.25) is 0 Å². The van der Waals surface area contributed by atoms with Crippen LogP contribution in [0, 0.1) is 12.3 Å². The Morgan fingerprint density at radius 3 is 2.59 bits per heavy atom. The van der Waals surface area contributed by atoms with E-state index in [2.05, 4.69) is 0 Å². The average molecular weight is 322 g/mol. The van der Waals surface area contributed by atoms with E-state index < -0.39 is 27.2 Å². The normalized spacial score (nSPS) is 34.6. The molecule has 0 bridgehead atoms. The molecule has 5 heteroatoms. The first-order valence-corrected chi connectivity index (χ1v) is 9.08. The lowest BCUT2D eigenvalue weighted by Gasteiger charge is -2.43. The van der Waals surface area contributed by atoms with Crippen LogP contribution in [0.25, 0.3) is 0 Å². The van der Waals surface area contributed by atoms with Crippen molar-refractivity contribution in [1.82, 2.24) is 0 Å². The van der Waals surface area contributed by atoms with Crippen LogP contribution >= 0.6 is 0 Å². The Morgan fingerprint density at radius 1 is 1.23 bits per heavy atom. The molecule has 4 nitrogen and oxygen atoms in total. The second-order valence-electron chi connectivity index (χ2n) is 6.67. The van der Waals surface area contributed by atoms with Crippen molar-refractivity contribution in [2.75, 3.05) is 0 Å². The maximum atomic E-state index is 12.5. The smallest absolute Gasteiger partial charge is 0.297 e. The maximum absolute atomic E-state index is 12.5. The largest absolute Gasteiger partial charge is 0.385 e. The standard InChI is InChI=1S/C17H22O4S/c1-13-5-7-14(8-6-13)22(19,20)21-15-9-12-17(18)11-4-3-10-16(15,17)2/h4-8,11,15,18H,3,9-10,12H2,1-2H3/t15-,16+,17+/m0/s1. The van der Waals surface area contributed by atoms with Gasteiger partial charge in [0.05, 0.1) is 16.6 Å². The number of aliphatic hydroxyl groups is 1. The first-order chi connectivity index (χ1) is 10.3. The van der Waals surface area contributed by atoms with Gasteiger partial charge in [-0.2, -0.15) is 8.42 Å². The first-order valence-electron chi connectivity index (χ1n) is 7.67. The first kappa shape index (κ1) is 15.7. The average Bonchev–Trinajstić information content (AvgIpc) is 2.72. The van der Waals surface area contributed by atoms with Gasteiger partial charge in [0.1, 0.15) is 0 Å². The van der Waals surface area contributed by atoms with Gasteiger partial charge in [-0.15, -0.1) is 0 Å². The second-order valence-corrected chi connectivity index (χ2v) is 8.25. The summed E-state index contributed by atoms with van der Waals surface area (Å²) in [5, 5.41) is 10.8. The molecule has 22 heavy (non-hydrogen) atoms. The van der Waals surface area contributed by atoms with Crippen molar-refractivity contribution in [2.45, 2.75) is 56.1 Å². The van der Waals surface area contributed by atoms with Gasteiger partial charge in [0.15, 0.2) is 0 Å². The van der Waals surface area contributed by atoms with Crippen molar-refractivity contribution < 1.29 is 17.7 Å². The van der Waals surface area contributed by atoms with Gasteiger partial charge in [0, 0.05) is 5.41 Å². The molecular formula is C17H22O4S. The maximum Gasteiger partial charge on any atom is 0.297 e. The summed E-state index contributed by atoms with van der Waals surface area (Å²) in [5.41, 5.74) is -0.517. The van der Waals surface area contributed by atoms with Gasteiger partial charge in [-0.1, -0.05) is 36.8 Å². The molecule has 0 aromatic heterocycles. The summed E-state index contributed by atoms with van der Waals surface area (Å²) in [7, 11) is -3.81. The van der Waals surface area contributed by atoms with Crippen molar-refractivity contribution in [3.8, 4) is 0 Å². The Labute approximate surface area is 131 Å². The minimum atomic E-state index is -3.81. The van der Waals surface area contributed by atoms with Gasteiger partial charge in [-0.05, 0) is 44.7 Å². The molecule has 1 aromatic rings. The number of hydrogen-bond donors (Lipinski definition) is 1. The zero-order valence-corrected chi connectivity index (χ0v) is 13.8. The molecule has 120 valence electrons. The lowest BCUT2D eigenvalue weighted by Crippen LogP contribution is -2.48. The second kappa shape index (κ2) is 5.18. The van der Waals surface area contributed by atoms with E-state index in [-0.39, 0.29) is 4.90 Å². The molecule has 0 heterocycles. The van der Waals surface area contributed by atoms with Gasteiger partial charge >= 0.3 is 0 Å². The predicted molar refractivity (Wildman–Crippen MR) is 83.9 cm³/mol. The minimum absolute atomic E-state index is 0.170. The van der Waals surface area contributed by atoms with Crippen LogP contribution in [-0.4, -0.2) is 25.2 Å². The van der Waals surface area contributed by atoms with Crippen molar-refractivity contribution in [1.29, 1.82) is 0 Å². The van der Waals surface area contributed by atoms with Gasteiger partial charge in [0.25, 0.3) is 10.1 Å². The van der Waals surface area contributed by atoms with Crippen molar-refractivity contribution in [2.24, 2.45) is 5.41 Å². The van der Waals surface area contributed by atoms with Crippen LogP contribution in [0.5, 0.6) is 0 Å². The fraction of sp³-hybridized carbons (Fsp3) is 0.529. The molecule has 0 saturated heterocycles. The summed E-state index contributed by atoms with van der Waals surface area (Å²) < 4.78 is 30.5. The number of fused-ring (bicyclic) bond motifs is 1. The van der Waals surface area contributed by atoms with Crippen LogP contribution in [0.2, 0.25) is 0 Å². The van der Waals surface area contributed by atoms with E-state index in [9.17, 15) is 13.5 Å². The Kier molecular flexibility index (Phi) is 3.70. The third kappa shape index (κ3) is 2.41. The highest BCUT2D eigenvalue weighted by Crippen LogP contribution is 2.54. The molecule has 0 spiro atoms.